The van der Waals surface area contributed by atoms with Crippen molar-refractivity contribution in [1.82, 2.24) is 15.1 Å². The summed E-state index contributed by atoms with van der Waals surface area (Å²) in [5, 5.41) is 3.71. The number of nitrogens with one attached hydrogen (secondary N) is 1. The molecular formula is C24H37N3O. The minimum atomic E-state index is 0.257. The molecule has 0 aromatic heterocycles. The standard InChI is InChI=1S/C24H37N3O/c1-2-3-12-25-22-11-10-19-16-21(9-8-20(19)17-22)24(28)27-15-6-7-23(27)18-26-13-4-5-14-26/h8-9,16,22-23,25H,2-7,10-15,17-18H2,1H3/t22?,23-/m0/s1. The number of hydrogen-bond donors (Lipinski definition) is 1. The van der Waals surface area contributed by atoms with Gasteiger partial charge in [0.15, 0.2) is 0 Å². The first-order valence-corrected chi connectivity index (χ1v) is 11.6. The van der Waals surface area contributed by atoms with E-state index in [0.717, 1.165) is 50.9 Å². The predicted molar refractivity (Wildman–Crippen MR) is 115 cm³/mol. The topological polar surface area (TPSA) is 35.6 Å². The van der Waals surface area contributed by atoms with Gasteiger partial charge in [-0.1, -0.05) is 19.4 Å². The molecule has 28 heavy (non-hydrogen) atoms. The van der Waals surface area contributed by atoms with Crippen LogP contribution in [0.3, 0.4) is 0 Å². The first-order chi connectivity index (χ1) is 13.7. The van der Waals surface area contributed by atoms with Crippen LogP contribution in [0, 0.1) is 0 Å². The van der Waals surface area contributed by atoms with E-state index in [4.69, 9.17) is 0 Å². The van der Waals surface area contributed by atoms with E-state index in [1.54, 1.807) is 0 Å². The fourth-order valence-electron chi connectivity index (χ4n) is 5.27. The molecule has 2 heterocycles. The van der Waals surface area contributed by atoms with Crippen LogP contribution in [0.4, 0.5) is 0 Å². The van der Waals surface area contributed by atoms with Gasteiger partial charge in [-0.25, -0.2) is 0 Å². The summed E-state index contributed by atoms with van der Waals surface area (Å²) in [6, 6.07) is 7.52. The van der Waals surface area contributed by atoms with Crippen LogP contribution in [-0.4, -0.2) is 60.5 Å². The van der Waals surface area contributed by atoms with Gasteiger partial charge in [0.05, 0.1) is 0 Å². The molecule has 0 spiro atoms. The number of aryl methyl sites for hydroxylation is 1. The summed E-state index contributed by atoms with van der Waals surface area (Å²) in [4.78, 5) is 18.0. The van der Waals surface area contributed by atoms with Crippen molar-refractivity contribution < 1.29 is 4.79 Å². The number of benzene rings is 1. The molecule has 4 heteroatoms. The molecule has 1 amide bonds. The van der Waals surface area contributed by atoms with Crippen molar-refractivity contribution in [2.75, 3.05) is 32.7 Å². The maximum Gasteiger partial charge on any atom is 0.254 e. The molecule has 3 aliphatic rings. The first-order valence-electron chi connectivity index (χ1n) is 11.6. The molecule has 0 saturated carbocycles. The fraction of sp³-hybridized carbons (Fsp3) is 0.708. The van der Waals surface area contributed by atoms with Crippen LogP contribution in [0.2, 0.25) is 0 Å². The van der Waals surface area contributed by atoms with Gasteiger partial charge in [-0.2, -0.15) is 0 Å². The third-order valence-corrected chi connectivity index (χ3v) is 6.95. The minimum Gasteiger partial charge on any atom is -0.334 e. The van der Waals surface area contributed by atoms with Crippen LogP contribution in [0.25, 0.3) is 0 Å². The molecule has 2 saturated heterocycles. The summed E-state index contributed by atoms with van der Waals surface area (Å²) in [6.07, 6.45) is 10.8. The Labute approximate surface area is 170 Å². The molecule has 1 aliphatic carbocycles. The van der Waals surface area contributed by atoms with E-state index in [2.05, 4.69) is 40.2 Å². The lowest BCUT2D eigenvalue weighted by atomic mass is 9.87. The number of fused-ring (bicyclic) bond motifs is 1. The van der Waals surface area contributed by atoms with Gasteiger partial charge < -0.3 is 15.1 Å². The van der Waals surface area contributed by atoms with Crippen LogP contribution in [0.15, 0.2) is 18.2 Å². The Morgan fingerprint density at radius 3 is 2.79 bits per heavy atom. The maximum atomic E-state index is 13.3. The van der Waals surface area contributed by atoms with Crippen molar-refractivity contribution in [3.8, 4) is 0 Å². The number of hydrogen-bond acceptors (Lipinski definition) is 3. The molecule has 2 aliphatic heterocycles. The quantitative estimate of drug-likeness (QED) is 0.730. The Hall–Kier alpha value is -1.39. The molecule has 1 aromatic carbocycles. The van der Waals surface area contributed by atoms with Crippen LogP contribution < -0.4 is 5.32 Å². The molecule has 2 fully saturated rings. The highest BCUT2D eigenvalue weighted by Gasteiger charge is 2.31. The Morgan fingerprint density at radius 2 is 1.96 bits per heavy atom. The number of amides is 1. The van der Waals surface area contributed by atoms with E-state index in [9.17, 15) is 4.79 Å². The number of rotatable bonds is 7. The van der Waals surface area contributed by atoms with Gasteiger partial charge in [-0.15, -0.1) is 0 Å². The zero-order valence-corrected chi connectivity index (χ0v) is 17.6. The highest BCUT2D eigenvalue weighted by Crippen LogP contribution is 2.26. The van der Waals surface area contributed by atoms with Gasteiger partial charge >= 0.3 is 0 Å². The highest BCUT2D eigenvalue weighted by molar-refractivity contribution is 5.95. The van der Waals surface area contributed by atoms with Crippen LogP contribution in [-0.2, 0) is 12.8 Å². The number of carbonyl (C=O) groups is 1. The molecule has 1 unspecified atom stereocenters. The van der Waals surface area contributed by atoms with Gasteiger partial charge in [-0.05, 0) is 94.3 Å². The molecule has 4 rings (SSSR count). The summed E-state index contributed by atoms with van der Waals surface area (Å²) in [6.45, 7) is 7.79. The van der Waals surface area contributed by atoms with Crippen molar-refractivity contribution in [2.24, 2.45) is 0 Å². The summed E-state index contributed by atoms with van der Waals surface area (Å²) >= 11 is 0. The molecule has 0 radical (unpaired) electrons. The summed E-state index contributed by atoms with van der Waals surface area (Å²) < 4.78 is 0. The lowest BCUT2D eigenvalue weighted by Crippen LogP contribution is -2.42. The Balaban J connectivity index is 1.38. The van der Waals surface area contributed by atoms with E-state index in [1.165, 1.54) is 56.3 Å². The smallest absolute Gasteiger partial charge is 0.254 e. The Morgan fingerprint density at radius 1 is 1.11 bits per heavy atom. The number of carbonyl (C=O) groups excluding carboxylic acids is 1. The maximum absolute atomic E-state index is 13.3. The van der Waals surface area contributed by atoms with Gasteiger partial charge in [0.2, 0.25) is 0 Å². The predicted octanol–water partition coefficient (Wildman–Crippen LogP) is 3.63. The average Bonchev–Trinajstić information content (AvgIpc) is 3.40. The molecular weight excluding hydrogens is 346 g/mol. The van der Waals surface area contributed by atoms with E-state index in [-0.39, 0.29) is 5.91 Å². The van der Waals surface area contributed by atoms with Crippen molar-refractivity contribution in [1.29, 1.82) is 0 Å². The second-order valence-corrected chi connectivity index (χ2v) is 9.03. The van der Waals surface area contributed by atoms with Crippen molar-refractivity contribution in [3.05, 3.63) is 34.9 Å². The highest BCUT2D eigenvalue weighted by atomic mass is 16.2. The van der Waals surface area contributed by atoms with Crippen LogP contribution in [0.1, 0.15) is 73.4 Å². The van der Waals surface area contributed by atoms with Gasteiger partial charge in [0.1, 0.15) is 0 Å². The third kappa shape index (κ3) is 4.60. The zero-order valence-electron chi connectivity index (χ0n) is 17.6. The molecule has 1 aromatic rings. The summed E-state index contributed by atoms with van der Waals surface area (Å²) in [5.41, 5.74) is 3.74. The lowest BCUT2D eigenvalue weighted by molar-refractivity contribution is 0.0708. The molecule has 4 nitrogen and oxygen atoms in total. The Bertz CT molecular complexity index is 668. The van der Waals surface area contributed by atoms with Crippen LogP contribution >= 0.6 is 0 Å². The normalized spacial score (nSPS) is 25.2. The first kappa shape index (κ1) is 19.9. The molecule has 1 N–H and O–H groups in total. The van der Waals surface area contributed by atoms with Crippen molar-refractivity contribution >= 4 is 5.91 Å². The largest absolute Gasteiger partial charge is 0.334 e. The van der Waals surface area contributed by atoms with E-state index in [0.29, 0.717) is 12.1 Å². The Kier molecular flexibility index (Phi) is 6.69. The lowest BCUT2D eigenvalue weighted by Gasteiger charge is -2.29. The van der Waals surface area contributed by atoms with Gasteiger partial charge in [-0.3, -0.25) is 4.79 Å². The van der Waals surface area contributed by atoms with E-state index < -0.39 is 0 Å². The second-order valence-electron chi connectivity index (χ2n) is 9.03. The minimum absolute atomic E-state index is 0.257. The molecule has 0 bridgehead atoms. The second kappa shape index (κ2) is 9.41. The fourth-order valence-corrected chi connectivity index (χ4v) is 5.27. The van der Waals surface area contributed by atoms with Crippen LogP contribution in [0.5, 0.6) is 0 Å². The summed E-state index contributed by atoms with van der Waals surface area (Å²) in [7, 11) is 0. The SMILES string of the molecule is CCCCNC1CCc2cc(C(=O)N3CCC[C@H]3CN3CCCC3)ccc2C1. The monoisotopic (exact) mass is 383 g/mol. The summed E-state index contributed by atoms with van der Waals surface area (Å²) in [5.74, 6) is 0.257. The van der Waals surface area contributed by atoms with Crippen molar-refractivity contribution in [2.45, 2.75) is 76.8 Å². The number of unbranched alkanes of at least 4 members (excludes halogenated alkanes) is 1. The average molecular weight is 384 g/mol. The zero-order chi connectivity index (χ0) is 19.3. The number of likely N-dealkylation sites (tertiary alicyclic amines) is 2. The van der Waals surface area contributed by atoms with Gasteiger partial charge in [0, 0.05) is 30.7 Å². The van der Waals surface area contributed by atoms with Gasteiger partial charge in [0.25, 0.3) is 5.91 Å². The molecule has 2 atom stereocenters. The van der Waals surface area contributed by atoms with E-state index in [1.807, 2.05) is 0 Å². The van der Waals surface area contributed by atoms with E-state index >= 15 is 0 Å². The van der Waals surface area contributed by atoms with Crippen molar-refractivity contribution in [3.63, 3.8) is 0 Å². The number of nitrogens with zero attached hydrogens (tertiary/aromatic N) is 2. The molecule has 154 valence electrons. The third-order valence-electron chi connectivity index (χ3n) is 6.95.